The van der Waals surface area contributed by atoms with E-state index in [4.69, 9.17) is 10.5 Å². The second-order valence-electron chi connectivity index (χ2n) is 6.80. The highest BCUT2D eigenvalue weighted by Gasteiger charge is 2.42. The van der Waals surface area contributed by atoms with Gasteiger partial charge in [0.25, 0.3) is 10.2 Å². The molecule has 0 aromatic rings. The summed E-state index contributed by atoms with van der Waals surface area (Å²) in [4.78, 5) is 0. The van der Waals surface area contributed by atoms with E-state index in [1.54, 1.807) is 8.61 Å². The number of nitrogens with two attached hydrogens (primary N) is 1. The van der Waals surface area contributed by atoms with Gasteiger partial charge in [-0.05, 0) is 25.7 Å². The normalized spacial score (nSPS) is 35.2. The van der Waals surface area contributed by atoms with Crippen LogP contribution in [-0.2, 0) is 14.9 Å². The average Bonchev–Trinajstić information content (AvgIpc) is 2.31. The van der Waals surface area contributed by atoms with Gasteiger partial charge in [0, 0.05) is 32.2 Å². The minimum atomic E-state index is -3.41. The van der Waals surface area contributed by atoms with Crippen LogP contribution in [0.5, 0.6) is 0 Å². The maximum absolute atomic E-state index is 12.8. The van der Waals surface area contributed by atoms with Crippen LogP contribution in [0, 0.1) is 5.41 Å². The Hall–Kier alpha value is 0.0800. The van der Waals surface area contributed by atoms with Crippen LogP contribution in [0.3, 0.4) is 0 Å². The lowest BCUT2D eigenvalue weighted by Gasteiger charge is -2.44. The van der Waals surface area contributed by atoms with E-state index in [9.17, 15) is 8.42 Å². The van der Waals surface area contributed by atoms with Crippen molar-refractivity contribution < 1.29 is 13.2 Å². The highest BCUT2D eigenvalue weighted by molar-refractivity contribution is 7.86. The van der Waals surface area contributed by atoms with E-state index in [-0.39, 0.29) is 36.1 Å². The first kappa shape index (κ1) is 19.1. The number of halogens is 1. The predicted molar refractivity (Wildman–Crippen MR) is 85.7 cm³/mol. The highest BCUT2D eigenvalue weighted by atomic mass is 35.5. The third kappa shape index (κ3) is 4.09. The molecule has 0 saturated carbocycles. The Labute approximate surface area is 134 Å². The Kier molecular flexibility index (Phi) is 6.08. The predicted octanol–water partition coefficient (Wildman–Crippen LogP) is 0.821. The van der Waals surface area contributed by atoms with Crippen LogP contribution in [0.15, 0.2) is 0 Å². The lowest BCUT2D eigenvalue weighted by atomic mass is 9.81. The molecule has 0 aromatic carbocycles. The van der Waals surface area contributed by atoms with Gasteiger partial charge in [-0.15, -0.1) is 12.4 Å². The van der Waals surface area contributed by atoms with Crippen molar-refractivity contribution in [3.05, 3.63) is 0 Å². The number of rotatable bonds is 2. The van der Waals surface area contributed by atoms with Crippen molar-refractivity contribution in [2.45, 2.75) is 52.4 Å². The summed E-state index contributed by atoms with van der Waals surface area (Å²) in [7, 11) is -3.41. The zero-order chi connectivity index (χ0) is 15.1. The smallest absolute Gasteiger partial charge is 0.282 e. The number of ether oxygens (including phenoxy) is 1. The van der Waals surface area contributed by atoms with Crippen LogP contribution in [0.1, 0.15) is 34.1 Å². The van der Waals surface area contributed by atoms with Crippen LogP contribution in [0.25, 0.3) is 0 Å². The van der Waals surface area contributed by atoms with Gasteiger partial charge in [0.1, 0.15) is 0 Å². The van der Waals surface area contributed by atoms with Crippen molar-refractivity contribution in [3.8, 4) is 0 Å². The lowest BCUT2D eigenvalue weighted by molar-refractivity contribution is -0.0460. The first-order valence-electron chi connectivity index (χ1n) is 7.29. The molecule has 0 aromatic heterocycles. The van der Waals surface area contributed by atoms with E-state index >= 15 is 0 Å². The first-order valence-corrected chi connectivity index (χ1v) is 8.69. The van der Waals surface area contributed by atoms with Gasteiger partial charge in [0.15, 0.2) is 0 Å². The molecule has 2 heterocycles. The number of piperidine rings is 1. The lowest BCUT2D eigenvalue weighted by Crippen LogP contribution is -2.59. The Bertz CT molecular complexity index is 448. The van der Waals surface area contributed by atoms with Crippen molar-refractivity contribution in [1.29, 1.82) is 0 Å². The van der Waals surface area contributed by atoms with Gasteiger partial charge in [0.2, 0.25) is 0 Å². The molecule has 2 rings (SSSR count). The van der Waals surface area contributed by atoms with Crippen LogP contribution in [-0.4, -0.2) is 61.5 Å². The van der Waals surface area contributed by atoms with Crippen molar-refractivity contribution in [1.82, 2.24) is 8.61 Å². The molecule has 2 aliphatic heterocycles. The molecule has 3 atom stereocenters. The zero-order valence-electron chi connectivity index (χ0n) is 13.3. The topological polar surface area (TPSA) is 75.9 Å². The molecule has 3 unspecified atom stereocenters. The maximum atomic E-state index is 12.8. The number of hydrogen-bond acceptors (Lipinski definition) is 4. The third-order valence-corrected chi connectivity index (χ3v) is 6.23. The first-order chi connectivity index (χ1) is 9.13. The summed E-state index contributed by atoms with van der Waals surface area (Å²) < 4.78 is 34.3. The van der Waals surface area contributed by atoms with E-state index in [1.165, 1.54) is 0 Å². The Morgan fingerprint density at radius 3 is 2.14 bits per heavy atom. The molecule has 2 saturated heterocycles. The summed E-state index contributed by atoms with van der Waals surface area (Å²) in [6.07, 6.45) is 0.587. The van der Waals surface area contributed by atoms with E-state index in [2.05, 4.69) is 0 Å². The Morgan fingerprint density at radius 2 is 1.67 bits per heavy atom. The van der Waals surface area contributed by atoms with Crippen molar-refractivity contribution in [3.63, 3.8) is 0 Å². The molecule has 0 spiro atoms. The fourth-order valence-electron chi connectivity index (χ4n) is 3.00. The Balaban J connectivity index is 0.00000220. The van der Waals surface area contributed by atoms with Crippen LogP contribution in [0.2, 0.25) is 0 Å². The Morgan fingerprint density at radius 1 is 1.14 bits per heavy atom. The molecule has 2 N–H and O–H groups in total. The molecule has 8 heteroatoms. The molecule has 126 valence electrons. The third-order valence-electron chi connectivity index (χ3n) is 4.32. The molecule has 0 bridgehead atoms. The summed E-state index contributed by atoms with van der Waals surface area (Å²) in [5, 5.41) is 0. The van der Waals surface area contributed by atoms with Crippen molar-refractivity contribution in [2.75, 3.05) is 26.2 Å². The number of nitrogens with zero attached hydrogens (tertiary/aromatic N) is 2. The van der Waals surface area contributed by atoms with Crippen LogP contribution < -0.4 is 5.73 Å². The molecular formula is C13H28ClN3O3S. The van der Waals surface area contributed by atoms with Crippen molar-refractivity contribution in [2.24, 2.45) is 11.1 Å². The van der Waals surface area contributed by atoms with Gasteiger partial charge >= 0.3 is 0 Å². The van der Waals surface area contributed by atoms with Gasteiger partial charge in [-0.1, -0.05) is 13.8 Å². The molecule has 0 aliphatic carbocycles. The minimum Gasteiger partial charge on any atom is -0.373 e. The number of hydrogen-bond donors (Lipinski definition) is 1. The molecular weight excluding hydrogens is 314 g/mol. The summed E-state index contributed by atoms with van der Waals surface area (Å²) in [6, 6.07) is 0.0523. The van der Waals surface area contributed by atoms with Gasteiger partial charge in [-0.25, -0.2) is 0 Å². The van der Waals surface area contributed by atoms with Gasteiger partial charge in [-0.2, -0.15) is 17.0 Å². The monoisotopic (exact) mass is 341 g/mol. The summed E-state index contributed by atoms with van der Waals surface area (Å²) in [5.41, 5.74) is 5.90. The van der Waals surface area contributed by atoms with Gasteiger partial charge in [-0.3, -0.25) is 0 Å². The molecule has 6 nitrogen and oxygen atoms in total. The fourth-order valence-corrected chi connectivity index (χ4v) is 4.96. The number of morpholine rings is 1. The van der Waals surface area contributed by atoms with Crippen LogP contribution in [0.4, 0.5) is 0 Å². The van der Waals surface area contributed by atoms with E-state index < -0.39 is 10.2 Å². The van der Waals surface area contributed by atoms with Crippen molar-refractivity contribution >= 4 is 22.6 Å². The van der Waals surface area contributed by atoms with E-state index in [1.807, 2.05) is 27.7 Å². The summed E-state index contributed by atoms with van der Waals surface area (Å²) >= 11 is 0. The molecule has 2 aliphatic rings. The maximum Gasteiger partial charge on any atom is 0.282 e. The van der Waals surface area contributed by atoms with Crippen LogP contribution >= 0.6 is 12.4 Å². The zero-order valence-corrected chi connectivity index (χ0v) is 14.9. The van der Waals surface area contributed by atoms with Gasteiger partial charge in [0.05, 0.1) is 12.2 Å². The fraction of sp³-hybridized carbons (Fsp3) is 1.00. The quantitative estimate of drug-likeness (QED) is 0.807. The van der Waals surface area contributed by atoms with E-state index in [0.29, 0.717) is 32.6 Å². The molecule has 0 amide bonds. The molecule has 0 radical (unpaired) electrons. The second-order valence-corrected chi connectivity index (χ2v) is 8.73. The SMILES string of the molecule is CC1CN(S(=O)(=O)N2CCC(N)C(C)(C)C2)CC(C)O1.Cl. The summed E-state index contributed by atoms with van der Waals surface area (Å²) in [6.45, 7) is 9.73. The second kappa shape index (κ2) is 6.68. The average molecular weight is 342 g/mol. The largest absolute Gasteiger partial charge is 0.373 e. The van der Waals surface area contributed by atoms with Gasteiger partial charge < -0.3 is 10.5 Å². The van der Waals surface area contributed by atoms with E-state index in [0.717, 1.165) is 0 Å². The standard InChI is InChI=1S/C13H27N3O3S.ClH/c1-10-7-16(8-11(2)19-10)20(17,18)15-6-5-12(14)13(3,4)9-15;/h10-12H,5-9,14H2,1-4H3;1H. The molecule has 21 heavy (non-hydrogen) atoms. The highest BCUT2D eigenvalue weighted by Crippen LogP contribution is 2.30. The molecule has 2 fully saturated rings. The summed E-state index contributed by atoms with van der Waals surface area (Å²) in [5.74, 6) is 0. The minimum absolute atomic E-state index is 0.